The van der Waals surface area contributed by atoms with Crippen LogP contribution in [-0.4, -0.2) is 5.38 Å². The van der Waals surface area contributed by atoms with Gasteiger partial charge in [-0.1, -0.05) is 12.2 Å². The molecular weight excluding hydrogens is 132 g/mol. The second-order valence-corrected chi connectivity index (χ2v) is 3.55. The largest absolute Gasteiger partial charge is 0.122 e. The maximum absolute atomic E-state index is 5.98. The minimum atomic E-state index is 0.488. The number of rotatable bonds is 0. The summed E-state index contributed by atoms with van der Waals surface area (Å²) in [5.74, 6) is 1.58. The van der Waals surface area contributed by atoms with Crippen LogP contribution in [0.5, 0.6) is 0 Å². The Hall–Kier alpha value is 0.0300. The molecule has 50 valence electrons. The van der Waals surface area contributed by atoms with E-state index in [1.54, 1.807) is 0 Å². The lowest BCUT2D eigenvalue weighted by atomic mass is 10.2. The van der Waals surface area contributed by atoms with E-state index in [0.717, 1.165) is 11.8 Å². The van der Waals surface area contributed by atoms with Gasteiger partial charge in [0.15, 0.2) is 0 Å². The van der Waals surface area contributed by atoms with Crippen molar-refractivity contribution in [3.63, 3.8) is 0 Å². The van der Waals surface area contributed by atoms with E-state index < -0.39 is 0 Å². The maximum atomic E-state index is 5.98. The SMILES string of the molecule is ClC1C2C=CCCCC12. The quantitative estimate of drug-likeness (QED) is 0.360. The molecule has 0 spiro atoms. The summed E-state index contributed by atoms with van der Waals surface area (Å²) in [4.78, 5) is 0. The normalized spacial score (nSPS) is 47.9. The van der Waals surface area contributed by atoms with Crippen LogP contribution in [-0.2, 0) is 0 Å². The van der Waals surface area contributed by atoms with Crippen molar-refractivity contribution in [2.45, 2.75) is 24.6 Å². The lowest BCUT2D eigenvalue weighted by Gasteiger charge is -1.90. The Labute approximate surface area is 60.9 Å². The molecule has 9 heavy (non-hydrogen) atoms. The van der Waals surface area contributed by atoms with Gasteiger partial charge in [0.2, 0.25) is 0 Å². The number of fused-ring (bicyclic) bond motifs is 1. The summed E-state index contributed by atoms with van der Waals surface area (Å²) in [6.07, 6.45) is 8.56. The zero-order valence-electron chi connectivity index (χ0n) is 5.39. The molecule has 0 radical (unpaired) electrons. The first kappa shape index (κ1) is 5.79. The smallest absolute Gasteiger partial charge is 0.0436 e. The summed E-state index contributed by atoms with van der Waals surface area (Å²) in [6, 6.07) is 0. The molecule has 0 heterocycles. The summed E-state index contributed by atoms with van der Waals surface area (Å²) in [5, 5.41) is 0.488. The highest BCUT2D eigenvalue weighted by Gasteiger charge is 2.46. The molecule has 2 aliphatic rings. The van der Waals surface area contributed by atoms with Crippen molar-refractivity contribution in [3.8, 4) is 0 Å². The highest BCUT2D eigenvalue weighted by atomic mass is 35.5. The van der Waals surface area contributed by atoms with E-state index in [0.29, 0.717) is 5.38 Å². The number of allylic oxidation sites excluding steroid dienone is 2. The summed E-state index contributed by atoms with van der Waals surface area (Å²) in [6.45, 7) is 0. The molecule has 3 unspecified atom stereocenters. The minimum Gasteiger partial charge on any atom is -0.122 e. The van der Waals surface area contributed by atoms with Crippen LogP contribution in [0.15, 0.2) is 12.2 Å². The maximum Gasteiger partial charge on any atom is 0.0436 e. The molecule has 0 aromatic carbocycles. The van der Waals surface area contributed by atoms with E-state index in [4.69, 9.17) is 11.6 Å². The Balaban J connectivity index is 2.05. The van der Waals surface area contributed by atoms with Crippen LogP contribution in [0.25, 0.3) is 0 Å². The van der Waals surface area contributed by atoms with Gasteiger partial charge >= 0.3 is 0 Å². The van der Waals surface area contributed by atoms with Gasteiger partial charge in [0.1, 0.15) is 0 Å². The fourth-order valence-corrected chi connectivity index (χ4v) is 2.16. The molecule has 3 atom stereocenters. The molecule has 0 amide bonds. The van der Waals surface area contributed by atoms with Crippen molar-refractivity contribution in [1.29, 1.82) is 0 Å². The van der Waals surface area contributed by atoms with Crippen molar-refractivity contribution < 1.29 is 0 Å². The molecule has 1 fully saturated rings. The van der Waals surface area contributed by atoms with E-state index in [1.807, 2.05) is 0 Å². The van der Waals surface area contributed by atoms with Crippen LogP contribution >= 0.6 is 11.6 Å². The average molecular weight is 143 g/mol. The molecule has 1 saturated carbocycles. The molecule has 2 aliphatic carbocycles. The fourth-order valence-electron chi connectivity index (χ4n) is 1.68. The molecule has 0 aliphatic heterocycles. The Morgan fingerprint density at radius 1 is 1.44 bits per heavy atom. The topological polar surface area (TPSA) is 0 Å². The first-order chi connectivity index (χ1) is 4.39. The van der Waals surface area contributed by atoms with Gasteiger partial charge in [-0.3, -0.25) is 0 Å². The zero-order chi connectivity index (χ0) is 6.27. The third-order valence-electron chi connectivity index (χ3n) is 2.40. The van der Waals surface area contributed by atoms with Crippen molar-refractivity contribution in [2.24, 2.45) is 11.8 Å². The Kier molecular flexibility index (Phi) is 1.30. The van der Waals surface area contributed by atoms with Gasteiger partial charge in [0, 0.05) is 5.38 Å². The van der Waals surface area contributed by atoms with E-state index in [-0.39, 0.29) is 0 Å². The second-order valence-electron chi connectivity index (χ2n) is 3.04. The first-order valence-corrected chi connectivity index (χ1v) is 4.14. The average Bonchev–Trinajstić information content (AvgIpc) is 2.51. The predicted octanol–water partition coefficient (Wildman–Crippen LogP) is 2.58. The van der Waals surface area contributed by atoms with Gasteiger partial charge in [-0.25, -0.2) is 0 Å². The van der Waals surface area contributed by atoms with Gasteiger partial charge in [0.05, 0.1) is 0 Å². The Bertz CT molecular complexity index is 140. The summed E-state index contributed by atoms with van der Waals surface area (Å²) < 4.78 is 0. The van der Waals surface area contributed by atoms with E-state index >= 15 is 0 Å². The summed E-state index contributed by atoms with van der Waals surface area (Å²) >= 11 is 5.98. The van der Waals surface area contributed by atoms with E-state index in [2.05, 4.69) is 12.2 Å². The van der Waals surface area contributed by atoms with Gasteiger partial charge in [-0.15, -0.1) is 11.6 Å². The minimum absolute atomic E-state index is 0.488. The fraction of sp³-hybridized carbons (Fsp3) is 0.750. The molecule has 1 heteroatoms. The van der Waals surface area contributed by atoms with Gasteiger partial charge in [0.25, 0.3) is 0 Å². The second kappa shape index (κ2) is 2.02. The molecule has 2 rings (SSSR count). The Morgan fingerprint density at radius 2 is 2.33 bits per heavy atom. The van der Waals surface area contributed by atoms with Crippen LogP contribution in [0.3, 0.4) is 0 Å². The lowest BCUT2D eigenvalue weighted by molar-refractivity contribution is 0.668. The van der Waals surface area contributed by atoms with Crippen molar-refractivity contribution >= 4 is 11.6 Å². The van der Waals surface area contributed by atoms with E-state index in [1.165, 1.54) is 19.3 Å². The number of hydrogen-bond acceptors (Lipinski definition) is 0. The van der Waals surface area contributed by atoms with Crippen molar-refractivity contribution in [3.05, 3.63) is 12.2 Å². The zero-order valence-corrected chi connectivity index (χ0v) is 6.14. The highest BCUT2D eigenvalue weighted by molar-refractivity contribution is 6.23. The Morgan fingerprint density at radius 3 is 3.22 bits per heavy atom. The third-order valence-corrected chi connectivity index (χ3v) is 3.01. The monoisotopic (exact) mass is 142 g/mol. The molecule has 0 saturated heterocycles. The molecular formula is C8H11Cl. The number of halogens is 1. The molecule has 0 aromatic rings. The molecule has 0 bridgehead atoms. The van der Waals surface area contributed by atoms with Gasteiger partial charge < -0.3 is 0 Å². The summed E-state index contributed by atoms with van der Waals surface area (Å²) in [5.41, 5.74) is 0. The van der Waals surface area contributed by atoms with Crippen LogP contribution < -0.4 is 0 Å². The molecule has 0 aromatic heterocycles. The van der Waals surface area contributed by atoms with Crippen LogP contribution in [0.4, 0.5) is 0 Å². The van der Waals surface area contributed by atoms with Gasteiger partial charge in [-0.05, 0) is 31.1 Å². The number of alkyl halides is 1. The van der Waals surface area contributed by atoms with Crippen molar-refractivity contribution in [2.75, 3.05) is 0 Å². The van der Waals surface area contributed by atoms with Crippen LogP contribution in [0.1, 0.15) is 19.3 Å². The van der Waals surface area contributed by atoms with Gasteiger partial charge in [-0.2, -0.15) is 0 Å². The van der Waals surface area contributed by atoms with Crippen molar-refractivity contribution in [1.82, 2.24) is 0 Å². The van der Waals surface area contributed by atoms with E-state index in [9.17, 15) is 0 Å². The third kappa shape index (κ3) is 0.898. The van der Waals surface area contributed by atoms with Crippen LogP contribution in [0, 0.1) is 11.8 Å². The standard InChI is InChI=1S/C8H11Cl/c9-8-6-4-2-1-3-5-7(6)8/h2,4,6-8H,1,3,5H2. The predicted molar refractivity (Wildman–Crippen MR) is 39.6 cm³/mol. The lowest BCUT2D eigenvalue weighted by Crippen LogP contribution is -1.78. The number of hydrogen-bond donors (Lipinski definition) is 0. The molecule has 0 nitrogen and oxygen atoms in total. The first-order valence-electron chi connectivity index (χ1n) is 3.70. The molecule has 0 N–H and O–H groups in total. The highest BCUT2D eigenvalue weighted by Crippen LogP contribution is 2.49. The summed E-state index contributed by atoms with van der Waals surface area (Å²) in [7, 11) is 0. The van der Waals surface area contributed by atoms with Crippen LogP contribution in [0.2, 0.25) is 0 Å².